The Morgan fingerprint density at radius 2 is 1.80 bits per heavy atom. The van der Waals surface area contributed by atoms with Crippen molar-refractivity contribution in [3.05, 3.63) is 85.8 Å². The van der Waals surface area contributed by atoms with Gasteiger partial charge >= 0.3 is 0 Å². The Hall–Kier alpha value is -1.04. The molecule has 1 N–H and O–H groups in total. The second-order valence-electron chi connectivity index (χ2n) is 5.80. The van der Waals surface area contributed by atoms with Crippen LogP contribution in [0.2, 0.25) is 15.1 Å². The topological polar surface area (TPSA) is 38.0 Å². The van der Waals surface area contributed by atoms with E-state index in [0.29, 0.717) is 28.0 Å². The summed E-state index contributed by atoms with van der Waals surface area (Å²) in [5.74, 6) is 0. The van der Waals surface area contributed by atoms with E-state index in [0.717, 1.165) is 15.6 Å². The minimum absolute atomic E-state index is 0.307. The summed E-state index contributed by atoms with van der Waals surface area (Å²) in [5.41, 5.74) is 0.300. The van der Waals surface area contributed by atoms with E-state index >= 15 is 0 Å². The Morgan fingerprint density at radius 3 is 2.44 bits per heavy atom. The van der Waals surface area contributed by atoms with Crippen LogP contribution in [0.25, 0.3) is 0 Å². The number of hydrogen-bond acceptors (Lipinski definition) is 2. The van der Waals surface area contributed by atoms with Crippen molar-refractivity contribution in [1.82, 2.24) is 9.55 Å². The van der Waals surface area contributed by atoms with Gasteiger partial charge in [-0.3, -0.25) is 0 Å². The molecule has 1 heterocycles. The second kappa shape index (κ2) is 7.68. The summed E-state index contributed by atoms with van der Waals surface area (Å²) in [5, 5.41) is 13.2. The first-order valence-corrected chi connectivity index (χ1v) is 9.38. The van der Waals surface area contributed by atoms with Crippen molar-refractivity contribution in [1.29, 1.82) is 0 Å². The van der Waals surface area contributed by atoms with E-state index in [1.807, 2.05) is 16.7 Å². The molecule has 0 fully saturated rings. The molecule has 3 rings (SSSR count). The van der Waals surface area contributed by atoms with E-state index in [1.54, 1.807) is 43.0 Å². The predicted molar refractivity (Wildman–Crippen MR) is 105 cm³/mol. The van der Waals surface area contributed by atoms with Crippen LogP contribution in [0.15, 0.2) is 59.6 Å². The highest BCUT2D eigenvalue weighted by molar-refractivity contribution is 9.10. The van der Waals surface area contributed by atoms with Gasteiger partial charge in [0.2, 0.25) is 0 Å². The molecule has 0 aliphatic heterocycles. The molecule has 1 atom stereocenters. The van der Waals surface area contributed by atoms with Crippen LogP contribution in [-0.4, -0.2) is 14.7 Å². The van der Waals surface area contributed by atoms with Crippen molar-refractivity contribution in [2.45, 2.75) is 18.6 Å². The highest BCUT2D eigenvalue weighted by Gasteiger charge is 2.33. The van der Waals surface area contributed by atoms with Crippen LogP contribution in [0.1, 0.15) is 11.1 Å². The van der Waals surface area contributed by atoms with E-state index in [4.69, 9.17) is 34.8 Å². The zero-order valence-electron chi connectivity index (χ0n) is 13.0. The van der Waals surface area contributed by atoms with E-state index < -0.39 is 5.60 Å². The van der Waals surface area contributed by atoms with Crippen LogP contribution in [0, 0.1) is 0 Å². The first-order chi connectivity index (χ1) is 11.9. The van der Waals surface area contributed by atoms with Crippen LogP contribution in [0.4, 0.5) is 0 Å². The van der Waals surface area contributed by atoms with Crippen LogP contribution < -0.4 is 0 Å². The molecule has 0 spiro atoms. The summed E-state index contributed by atoms with van der Waals surface area (Å²) >= 11 is 21.9. The molecule has 0 bridgehead atoms. The lowest BCUT2D eigenvalue weighted by Gasteiger charge is -2.31. The molecule has 130 valence electrons. The Kier molecular flexibility index (Phi) is 5.76. The minimum atomic E-state index is -1.22. The first-order valence-electron chi connectivity index (χ1n) is 7.45. The van der Waals surface area contributed by atoms with Crippen LogP contribution in [-0.2, 0) is 18.6 Å². The number of hydrogen-bond donors (Lipinski definition) is 1. The van der Waals surface area contributed by atoms with Crippen molar-refractivity contribution < 1.29 is 5.11 Å². The van der Waals surface area contributed by atoms with Crippen LogP contribution >= 0.6 is 50.7 Å². The average molecular weight is 461 g/mol. The number of nitrogens with zero attached hydrogens (tertiary/aromatic N) is 2. The molecule has 2 aromatic carbocycles. The lowest BCUT2D eigenvalue weighted by molar-refractivity contribution is 0.0179. The molecule has 0 saturated carbocycles. The molecule has 0 aliphatic rings. The van der Waals surface area contributed by atoms with Crippen molar-refractivity contribution in [3.8, 4) is 0 Å². The van der Waals surface area contributed by atoms with Gasteiger partial charge in [-0.15, -0.1) is 0 Å². The van der Waals surface area contributed by atoms with Gasteiger partial charge in [0.15, 0.2) is 0 Å². The number of aliphatic hydroxyl groups is 1. The second-order valence-corrected chi connectivity index (χ2v) is 7.94. The van der Waals surface area contributed by atoms with Gasteiger partial charge in [0, 0.05) is 38.4 Å². The van der Waals surface area contributed by atoms with Gasteiger partial charge in [0.25, 0.3) is 0 Å². The van der Waals surface area contributed by atoms with Crippen LogP contribution in [0.5, 0.6) is 0 Å². The van der Waals surface area contributed by atoms with Crippen molar-refractivity contribution in [2.24, 2.45) is 0 Å². The molecule has 0 radical (unpaired) electrons. The summed E-state index contributed by atoms with van der Waals surface area (Å²) in [6.07, 6.45) is 5.45. The fraction of sp³-hybridized carbons (Fsp3) is 0.167. The van der Waals surface area contributed by atoms with E-state index in [2.05, 4.69) is 20.9 Å². The van der Waals surface area contributed by atoms with Gasteiger partial charge in [-0.1, -0.05) is 62.9 Å². The van der Waals surface area contributed by atoms with Gasteiger partial charge in [-0.2, -0.15) is 0 Å². The van der Waals surface area contributed by atoms with Crippen molar-refractivity contribution in [3.63, 3.8) is 0 Å². The summed E-state index contributed by atoms with van der Waals surface area (Å²) in [4.78, 5) is 4.05. The number of benzene rings is 2. The zero-order valence-corrected chi connectivity index (χ0v) is 16.8. The Balaban J connectivity index is 2.04. The fourth-order valence-electron chi connectivity index (χ4n) is 2.77. The maximum Gasteiger partial charge on any atom is 0.113 e. The monoisotopic (exact) mass is 458 g/mol. The molecule has 1 aromatic heterocycles. The van der Waals surface area contributed by atoms with Gasteiger partial charge < -0.3 is 9.67 Å². The standard InChI is InChI=1S/C18H14BrCl3N2O/c19-16-7-13(20)3-4-15(16)18(25,10-24-6-5-23-11-24)9-12-1-2-14(21)8-17(12)22/h1-8,11,25H,9-10H2. The smallest absolute Gasteiger partial charge is 0.113 e. The number of aromatic nitrogens is 2. The number of imidazole rings is 1. The molecule has 0 amide bonds. The molecule has 0 saturated heterocycles. The summed E-state index contributed by atoms with van der Waals surface area (Å²) in [7, 11) is 0. The number of rotatable bonds is 5. The summed E-state index contributed by atoms with van der Waals surface area (Å²) < 4.78 is 2.55. The van der Waals surface area contributed by atoms with Crippen molar-refractivity contribution in [2.75, 3.05) is 0 Å². The van der Waals surface area contributed by atoms with Gasteiger partial charge in [-0.05, 0) is 35.4 Å². The Morgan fingerprint density at radius 1 is 1.08 bits per heavy atom. The molecular weight excluding hydrogens is 446 g/mol. The first kappa shape index (κ1) is 18.7. The third kappa shape index (κ3) is 4.39. The molecular formula is C18H14BrCl3N2O. The van der Waals surface area contributed by atoms with Gasteiger partial charge in [0.05, 0.1) is 12.9 Å². The number of halogens is 4. The third-order valence-electron chi connectivity index (χ3n) is 3.93. The molecule has 25 heavy (non-hydrogen) atoms. The normalized spacial score (nSPS) is 13.6. The maximum atomic E-state index is 11.6. The largest absolute Gasteiger partial charge is 0.383 e. The lowest BCUT2D eigenvalue weighted by Crippen LogP contribution is -2.34. The minimum Gasteiger partial charge on any atom is -0.383 e. The van der Waals surface area contributed by atoms with Crippen molar-refractivity contribution >= 4 is 50.7 Å². The molecule has 1 unspecified atom stereocenters. The third-order valence-corrected chi connectivity index (χ3v) is 5.41. The maximum absolute atomic E-state index is 11.6. The highest BCUT2D eigenvalue weighted by Crippen LogP contribution is 2.36. The van der Waals surface area contributed by atoms with Gasteiger partial charge in [-0.25, -0.2) is 4.98 Å². The summed E-state index contributed by atoms with van der Waals surface area (Å²) in [6.45, 7) is 0.312. The zero-order chi connectivity index (χ0) is 18.0. The van der Waals surface area contributed by atoms with Gasteiger partial charge in [0.1, 0.15) is 5.60 Å². The van der Waals surface area contributed by atoms with E-state index in [9.17, 15) is 5.11 Å². The molecule has 7 heteroatoms. The Labute approximate surface area is 169 Å². The highest BCUT2D eigenvalue weighted by atomic mass is 79.9. The fourth-order valence-corrected chi connectivity index (χ4v) is 4.29. The Bertz CT molecular complexity index is 886. The van der Waals surface area contributed by atoms with E-state index in [-0.39, 0.29) is 0 Å². The SMILES string of the molecule is OC(Cc1ccc(Cl)cc1Cl)(Cn1ccnc1)c1ccc(Cl)cc1Br. The van der Waals surface area contributed by atoms with Crippen LogP contribution in [0.3, 0.4) is 0 Å². The molecule has 3 aromatic rings. The summed E-state index contributed by atoms with van der Waals surface area (Å²) in [6, 6.07) is 10.6. The quantitative estimate of drug-likeness (QED) is 0.528. The molecule has 0 aliphatic carbocycles. The lowest BCUT2D eigenvalue weighted by atomic mass is 9.87. The predicted octanol–water partition coefficient (Wildman–Crippen LogP) is 5.74. The average Bonchev–Trinajstić information content (AvgIpc) is 3.02. The van der Waals surface area contributed by atoms with E-state index in [1.165, 1.54) is 0 Å². The molecule has 3 nitrogen and oxygen atoms in total.